The molecule has 1 fully saturated rings. The minimum absolute atomic E-state index is 0.00778. The number of aliphatic hydroxyl groups excluding tert-OH is 1. The van der Waals surface area contributed by atoms with E-state index in [0.717, 1.165) is 5.56 Å². The maximum absolute atomic E-state index is 13.3. The zero-order chi connectivity index (χ0) is 30.3. The number of ether oxygens (including phenoxy) is 4. The van der Waals surface area contributed by atoms with Crippen LogP contribution < -0.4 is 0 Å². The lowest BCUT2D eigenvalue weighted by Gasteiger charge is -2.47. The minimum atomic E-state index is -2.51. The first-order valence-corrected chi connectivity index (χ1v) is 17.0. The van der Waals surface area contributed by atoms with Gasteiger partial charge in [0.05, 0.1) is 24.3 Å². The third-order valence-electron chi connectivity index (χ3n) is 7.73. The molecule has 0 radical (unpaired) electrons. The predicted molar refractivity (Wildman–Crippen MR) is 160 cm³/mol. The first-order chi connectivity index (χ1) is 20.0. The van der Waals surface area contributed by atoms with Crippen LogP contribution in [0.1, 0.15) is 47.1 Å². The van der Waals surface area contributed by atoms with E-state index < -0.39 is 51.0 Å². The van der Waals surface area contributed by atoms with Crippen LogP contribution in [0.4, 0.5) is 0 Å². The van der Waals surface area contributed by atoms with Crippen molar-refractivity contribution in [2.45, 2.75) is 76.2 Å². The highest BCUT2D eigenvalue weighted by molar-refractivity contribution is 6.74. The number of hydrogen-bond donors (Lipinski definition) is 1. The van der Waals surface area contributed by atoms with Gasteiger partial charge >= 0.3 is 11.9 Å². The molecule has 1 aliphatic heterocycles. The largest absolute Gasteiger partial charge is 0.452 e. The van der Waals surface area contributed by atoms with E-state index in [9.17, 15) is 14.7 Å². The lowest BCUT2D eigenvalue weighted by molar-refractivity contribution is -0.282. The molecule has 42 heavy (non-hydrogen) atoms. The van der Waals surface area contributed by atoms with Crippen LogP contribution in [0.15, 0.2) is 91.0 Å². The van der Waals surface area contributed by atoms with Crippen LogP contribution in [0.5, 0.6) is 0 Å². The maximum atomic E-state index is 13.3. The Morgan fingerprint density at radius 3 is 1.76 bits per heavy atom. The average Bonchev–Trinajstić information content (AvgIpc) is 2.97. The fourth-order valence-corrected chi connectivity index (χ4v) is 5.37. The van der Waals surface area contributed by atoms with Crippen molar-refractivity contribution in [1.82, 2.24) is 0 Å². The van der Waals surface area contributed by atoms with Gasteiger partial charge in [-0.05, 0) is 48.0 Å². The number of carbonyl (C=O) groups is 2. The molecule has 0 bridgehead atoms. The summed E-state index contributed by atoms with van der Waals surface area (Å²) in [5.74, 6) is -1.32. The van der Waals surface area contributed by atoms with E-state index in [1.54, 1.807) is 60.7 Å². The van der Waals surface area contributed by atoms with Crippen molar-refractivity contribution in [2.75, 3.05) is 6.61 Å². The molecule has 0 aromatic heterocycles. The van der Waals surface area contributed by atoms with Gasteiger partial charge in [-0.15, -0.1) is 0 Å². The molecule has 8 nitrogen and oxygen atoms in total. The van der Waals surface area contributed by atoms with Gasteiger partial charge < -0.3 is 28.5 Å². The second-order valence-electron chi connectivity index (χ2n) is 11.9. The third-order valence-corrected chi connectivity index (χ3v) is 12.2. The zero-order valence-electron chi connectivity index (χ0n) is 24.8. The molecule has 0 aliphatic carbocycles. The van der Waals surface area contributed by atoms with Gasteiger partial charge in [0.15, 0.2) is 26.8 Å². The molecule has 3 aromatic carbocycles. The number of benzene rings is 3. The molecule has 0 saturated carbocycles. The van der Waals surface area contributed by atoms with Gasteiger partial charge in [-0.3, -0.25) is 0 Å². The maximum Gasteiger partial charge on any atom is 0.338 e. The Kier molecular flexibility index (Phi) is 10.3. The quantitative estimate of drug-likeness (QED) is 0.234. The molecule has 3 aromatic rings. The molecule has 1 saturated heterocycles. The molecule has 1 aliphatic rings. The molecule has 0 spiro atoms. The fraction of sp³-hybridized carbons (Fsp3) is 0.394. The highest BCUT2D eigenvalue weighted by Crippen LogP contribution is 2.40. The predicted octanol–water partition coefficient (Wildman–Crippen LogP) is 5.76. The van der Waals surface area contributed by atoms with Crippen LogP contribution in [0, 0.1) is 0 Å². The standard InChI is InChI=1S/C33H40O8Si/c1-33(2,3)42(4,5)41-32-29(40-31(36)25-19-13-8-14-20-25)28(39-30(35)24-17-11-7-12-18-24)27(34)26(38-32)22-37-21-23-15-9-6-10-16-23/h6-20,26-29,32,34H,21-22H2,1-5H3/t26?,27-,28?,29?,32?/m0/s1. The van der Waals surface area contributed by atoms with E-state index >= 15 is 0 Å². The van der Waals surface area contributed by atoms with Gasteiger partial charge in [0, 0.05) is 0 Å². The van der Waals surface area contributed by atoms with E-state index in [2.05, 4.69) is 20.8 Å². The lowest BCUT2D eigenvalue weighted by atomic mass is 9.98. The first kappa shape index (κ1) is 31.6. The van der Waals surface area contributed by atoms with Crippen molar-refractivity contribution in [1.29, 1.82) is 0 Å². The Morgan fingerprint density at radius 2 is 1.26 bits per heavy atom. The SMILES string of the molecule is CC(C)(C)[Si](C)(C)OC1OC(COCc2ccccc2)[C@H](O)C(OC(=O)c2ccccc2)C1OC(=O)c1ccccc1. The lowest BCUT2D eigenvalue weighted by Crippen LogP contribution is -2.64. The molecule has 5 atom stereocenters. The van der Waals surface area contributed by atoms with Gasteiger partial charge in [0.1, 0.15) is 12.2 Å². The average molecular weight is 593 g/mol. The topological polar surface area (TPSA) is 101 Å². The van der Waals surface area contributed by atoms with Gasteiger partial charge in [0.25, 0.3) is 0 Å². The molecule has 4 unspecified atom stereocenters. The monoisotopic (exact) mass is 592 g/mol. The summed E-state index contributed by atoms with van der Waals surface area (Å²) >= 11 is 0. The van der Waals surface area contributed by atoms with Crippen molar-refractivity contribution in [3.8, 4) is 0 Å². The summed E-state index contributed by atoms with van der Waals surface area (Å²) in [6.07, 6.45) is -5.97. The number of esters is 2. The normalized spacial score (nSPS) is 22.8. The van der Waals surface area contributed by atoms with Crippen LogP contribution in [0.3, 0.4) is 0 Å². The summed E-state index contributed by atoms with van der Waals surface area (Å²) in [6, 6.07) is 26.5. The molecule has 1 N–H and O–H groups in total. The van der Waals surface area contributed by atoms with Gasteiger partial charge in [-0.1, -0.05) is 87.5 Å². The Bertz CT molecular complexity index is 1290. The Labute approximate surface area is 248 Å². The number of rotatable bonds is 10. The molecule has 1 heterocycles. The van der Waals surface area contributed by atoms with Crippen LogP contribution >= 0.6 is 0 Å². The molecule has 9 heteroatoms. The van der Waals surface area contributed by atoms with E-state index in [-0.39, 0.29) is 11.6 Å². The van der Waals surface area contributed by atoms with Crippen molar-refractivity contribution in [3.05, 3.63) is 108 Å². The fourth-order valence-electron chi connectivity index (χ4n) is 4.25. The van der Waals surface area contributed by atoms with Crippen molar-refractivity contribution in [2.24, 2.45) is 0 Å². The molecule has 224 valence electrons. The van der Waals surface area contributed by atoms with Gasteiger partial charge in [-0.2, -0.15) is 0 Å². The summed E-state index contributed by atoms with van der Waals surface area (Å²) < 4.78 is 30.7. The summed E-state index contributed by atoms with van der Waals surface area (Å²) in [5.41, 5.74) is 1.56. The number of hydrogen-bond acceptors (Lipinski definition) is 8. The summed E-state index contributed by atoms with van der Waals surface area (Å²) in [7, 11) is -2.51. The summed E-state index contributed by atoms with van der Waals surface area (Å²) in [4.78, 5) is 26.5. The van der Waals surface area contributed by atoms with Gasteiger partial charge in [0.2, 0.25) is 0 Å². The molecule has 4 rings (SSSR count). The van der Waals surface area contributed by atoms with Crippen LogP contribution in [-0.2, 0) is 30.0 Å². The van der Waals surface area contributed by atoms with Crippen LogP contribution in [0.25, 0.3) is 0 Å². The van der Waals surface area contributed by atoms with E-state index in [0.29, 0.717) is 17.7 Å². The van der Waals surface area contributed by atoms with Crippen LogP contribution in [0.2, 0.25) is 18.1 Å². The van der Waals surface area contributed by atoms with Crippen LogP contribution in [-0.4, -0.2) is 62.7 Å². The Hall–Kier alpha value is -3.34. The van der Waals surface area contributed by atoms with Crippen molar-refractivity contribution < 1.29 is 38.1 Å². The zero-order valence-corrected chi connectivity index (χ0v) is 25.8. The summed E-state index contributed by atoms with van der Waals surface area (Å²) in [6.45, 7) is 10.6. The Morgan fingerprint density at radius 1 is 0.786 bits per heavy atom. The molecular formula is C33H40O8Si. The molecular weight excluding hydrogens is 552 g/mol. The van der Waals surface area contributed by atoms with Crippen molar-refractivity contribution >= 4 is 20.3 Å². The van der Waals surface area contributed by atoms with E-state index in [1.807, 2.05) is 43.4 Å². The minimum Gasteiger partial charge on any atom is -0.452 e. The number of aliphatic hydroxyl groups is 1. The first-order valence-electron chi connectivity index (χ1n) is 14.1. The Balaban J connectivity index is 1.65. The van der Waals surface area contributed by atoms with E-state index in [1.165, 1.54) is 0 Å². The van der Waals surface area contributed by atoms with Gasteiger partial charge in [-0.25, -0.2) is 9.59 Å². The second kappa shape index (κ2) is 13.8. The third kappa shape index (κ3) is 7.93. The smallest absolute Gasteiger partial charge is 0.338 e. The highest BCUT2D eigenvalue weighted by atomic mass is 28.4. The molecule has 0 amide bonds. The number of carbonyl (C=O) groups excluding carboxylic acids is 2. The highest BCUT2D eigenvalue weighted by Gasteiger charge is 2.53. The van der Waals surface area contributed by atoms with E-state index in [4.69, 9.17) is 23.4 Å². The van der Waals surface area contributed by atoms with Crippen molar-refractivity contribution in [3.63, 3.8) is 0 Å². The summed E-state index contributed by atoms with van der Waals surface area (Å²) in [5, 5.41) is 11.3. The second-order valence-corrected chi connectivity index (χ2v) is 16.6.